The molecule has 1 aliphatic carbocycles. The lowest BCUT2D eigenvalue weighted by atomic mass is 10.0. The van der Waals surface area contributed by atoms with Crippen LogP contribution in [0.25, 0.3) is 0 Å². The van der Waals surface area contributed by atoms with Crippen molar-refractivity contribution in [2.45, 2.75) is 70.5 Å². The summed E-state index contributed by atoms with van der Waals surface area (Å²) in [5.74, 6) is -0.00330. The van der Waals surface area contributed by atoms with E-state index in [1.54, 1.807) is 23.1 Å². The summed E-state index contributed by atoms with van der Waals surface area (Å²) in [7, 11) is 0. The summed E-state index contributed by atoms with van der Waals surface area (Å²) in [5, 5.41) is 3.18. The van der Waals surface area contributed by atoms with E-state index in [9.17, 15) is 14.0 Å². The monoisotopic (exact) mass is 516 g/mol. The summed E-state index contributed by atoms with van der Waals surface area (Å²) < 4.78 is 20.5. The third kappa shape index (κ3) is 7.91. The van der Waals surface area contributed by atoms with E-state index in [1.165, 1.54) is 6.07 Å². The lowest BCUT2D eigenvalue weighted by Gasteiger charge is -2.32. The van der Waals surface area contributed by atoms with Crippen LogP contribution in [0, 0.1) is 12.7 Å². The second-order valence-electron chi connectivity index (χ2n) is 10.1. The Morgan fingerprint density at radius 1 is 0.974 bits per heavy atom. The second kappa shape index (κ2) is 13.8. The van der Waals surface area contributed by atoms with Gasteiger partial charge in [-0.05, 0) is 49.9 Å². The van der Waals surface area contributed by atoms with Crippen LogP contribution in [0.3, 0.4) is 0 Å². The molecule has 3 aromatic rings. The van der Waals surface area contributed by atoms with Crippen molar-refractivity contribution in [2.24, 2.45) is 0 Å². The van der Waals surface area contributed by atoms with Crippen molar-refractivity contribution in [3.8, 4) is 5.75 Å². The lowest BCUT2D eigenvalue weighted by molar-refractivity contribution is -0.141. The summed E-state index contributed by atoms with van der Waals surface area (Å²) in [5.41, 5.74) is 2.49. The molecule has 0 aromatic heterocycles. The zero-order valence-electron chi connectivity index (χ0n) is 22.1. The van der Waals surface area contributed by atoms with Gasteiger partial charge < -0.3 is 15.0 Å². The Labute approximate surface area is 225 Å². The number of nitrogens with one attached hydrogen (secondary N) is 1. The van der Waals surface area contributed by atoms with Gasteiger partial charge in [-0.3, -0.25) is 9.59 Å². The highest BCUT2D eigenvalue weighted by atomic mass is 19.1. The fourth-order valence-corrected chi connectivity index (χ4v) is 4.92. The van der Waals surface area contributed by atoms with Crippen LogP contribution in [-0.2, 0) is 22.6 Å². The average Bonchev–Trinajstić information content (AvgIpc) is 3.44. The molecular formula is C32H37FN2O3. The highest BCUT2D eigenvalue weighted by Crippen LogP contribution is 2.21. The maximum atomic E-state index is 14.7. The van der Waals surface area contributed by atoms with E-state index < -0.39 is 6.04 Å². The third-order valence-electron chi connectivity index (χ3n) is 7.10. The zero-order chi connectivity index (χ0) is 26.7. The number of hydrogen-bond acceptors (Lipinski definition) is 3. The van der Waals surface area contributed by atoms with Crippen molar-refractivity contribution in [2.75, 3.05) is 6.61 Å². The molecule has 0 aliphatic heterocycles. The van der Waals surface area contributed by atoms with Gasteiger partial charge in [0.1, 0.15) is 17.6 Å². The number of amides is 2. The molecule has 1 atom stereocenters. The van der Waals surface area contributed by atoms with Crippen LogP contribution in [0.2, 0.25) is 0 Å². The fraction of sp³-hybridized carbons (Fsp3) is 0.375. The number of halogens is 1. The first-order chi connectivity index (χ1) is 18.5. The molecule has 1 aliphatic rings. The molecule has 200 valence electrons. The van der Waals surface area contributed by atoms with Gasteiger partial charge in [0.25, 0.3) is 0 Å². The number of hydrogen-bond donors (Lipinski definition) is 1. The second-order valence-corrected chi connectivity index (χ2v) is 10.1. The van der Waals surface area contributed by atoms with Gasteiger partial charge in [-0.1, -0.05) is 79.1 Å². The minimum atomic E-state index is -0.747. The van der Waals surface area contributed by atoms with Crippen LogP contribution < -0.4 is 10.1 Å². The van der Waals surface area contributed by atoms with Gasteiger partial charge in [0, 0.05) is 31.0 Å². The molecule has 0 heterocycles. The van der Waals surface area contributed by atoms with Crippen molar-refractivity contribution >= 4 is 11.8 Å². The molecule has 6 heteroatoms. The Bertz CT molecular complexity index is 1180. The Morgan fingerprint density at radius 2 is 1.66 bits per heavy atom. The topological polar surface area (TPSA) is 58.6 Å². The van der Waals surface area contributed by atoms with Crippen molar-refractivity contribution in [1.82, 2.24) is 10.2 Å². The summed E-state index contributed by atoms with van der Waals surface area (Å²) in [6.07, 6.45) is 5.12. The Kier molecular flexibility index (Phi) is 9.90. The van der Waals surface area contributed by atoms with Gasteiger partial charge in [0.2, 0.25) is 11.8 Å². The molecule has 3 aromatic carbocycles. The van der Waals surface area contributed by atoms with Crippen molar-refractivity contribution in [1.29, 1.82) is 0 Å². The molecular weight excluding hydrogens is 479 g/mol. The minimum absolute atomic E-state index is 0.0277. The quantitative estimate of drug-likeness (QED) is 0.301. The third-order valence-corrected chi connectivity index (χ3v) is 7.10. The molecule has 1 saturated carbocycles. The van der Waals surface area contributed by atoms with Crippen LogP contribution in [0.5, 0.6) is 5.75 Å². The van der Waals surface area contributed by atoms with E-state index in [0.29, 0.717) is 25.0 Å². The molecule has 38 heavy (non-hydrogen) atoms. The number of ether oxygens (including phenoxy) is 1. The first-order valence-electron chi connectivity index (χ1n) is 13.6. The first-order valence-corrected chi connectivity index (χ1v) is 13.6. The summed E-state index contributed by atoms with van der Waals surface area (Å²) in [6.45, 7) is 2.42. The molecule has 0 bridgehead atoms. The van der Waals surface area contributed by atoms with E-state index in [0.717, 1.165) is 42.6 Å². The standard InChI is InChI=1S/C32H37FN2O3/c1-24-17-19-28(20-18-24)38-21-9-16-31(36)35(23-26-12-5-8-15-29(26)33)30(22-25-10-3-2-4-11-25)32(37)34-27-13-6-7-14-27/h2-5,8,10-12,15,17-20,27,30H,6-7,9,13-14,16,21-23H2,1H3,(H,34,37)/t30-/m0/s1. The number of benzene rings is 3. The van der Waals surface area contributed by atoms with Crippen LogP contribution in [0.4, 0.5) is 4.39 Å². The number of carbonyl (C=O) groups excluding carboxylic acids is 2. The van der Waals surface area contributed by atoms with Crippen molar-refractivity contribution in [3.05, 3.63) is 101 Å². The highest BCUT2D eigenvalue weighted by Gasteiger charge is 2.32. The van der Waals surface area contributed by atoms with Gasteiger partial charge >= 0.3 is 0 Å². The molecule has 2 amide bonds. The minimum Gasteiger partial charge on any atom is -0.494 e. The van der Waals surface area contributed by atoms with Crippen LogP contribution in [0.1, 0.15) is 55.2 Å². The number of aryl methyl sites for hydroxylation is 1. The predicted octanol–water partition coefficient (Wildman–Crippen LogP) is 5.99. The maximum Gasteiger partial charge on any atom is 0.243 e. The first kappa shape index (κ1) is 27.4. The Morgan fingerprint density at radius 3 is 2.37 bits per heavy atom. The fourth-order valence-electron chi connectivity index (χ4n) is 4.92. The van der Waals surface area contributed by atoms with E-state index in [1.807, 2.05) is 61.5 Å². The van der Waals surface area contributed by atoms with Crippen molar-refractivity contribution in [3.63, 3.8) is 0 Å². The summed E-state index contributed by atoms with van der Waals surface area (Å²) in [4.78, 5) is 28.9. The summed E-state index contributed by atoms with van der Waals surface area (Å²) in [6, 6.07) is 23.3. The van der Waals surface area contributed by atoms with Gasteiger partial charge in [-0.25, -0.2) is 4.39 Å². The van der Waals surface area contributed by atoms with E-state index in [4.69, 9.17) is 4.74 Å². The number of rotatable bonds is 12. The largest absolute Gasteiger partial charge is 0.494 e. The SMILES string of the molecule is Cc1ccc(OCCCC(=O)N(Cc2ccccc2F)[C@@H](Cc2ccccc2)C(=O)NC2CCCC2)cc1. The summed E-state index contributed by atoms with van der Waals surface area (Å²) >= 11 is 0. The number of nitrogens with zero attached hydrogens (tertiary/aromatic N) is 1. The molecule has 1 fully saturated rings. The molecule has 4 rings (SSSR count). The van der Waals surface area contributed by atoms with Crippen LogP contribution >= 0.6 is 0 Å². The highest BCUT2D eigenvalue weighted by molar-refractivity contribution is 5.88. The molecule has 0 saturated heterocycles. The Hall–Kier alpha value is -3.67. The van der Waals surface area contributed by atoms with Crippen molar-refractivity contribution < 1.29 is 18.7 Å². The van der Waals surface area contributed by atoms with E-state index >= 15 is 0 Å². The predicted molar refractivity (Wildman–Crippen MR) is 147 cm³/mol. The lowest BCUT2D eigenvalue weighted by Crippen LogP contribution is -2.52. The van der Waals surface area contributed by atoms with Crippen LogP contribution in [0.15, 0.2) is 78.9 Å². The van der Waals surface area contributed by atoms with Gasteiger partial charge in [-0.15, -0.1) is 0 Å². The maximum absolute atomic E-state index is 14.7. The average molecular weight is 517 g/mol. The number of carbonyl (C=O) groups is 2. The van der Waals surface area contributed by atoms with E-state index in [2.05, 4.69) is 5.32 Å². The molecule has 0 spiro atoms. The normalized spacial score (nSPS) is 14.2. The van der Waals surface area contributed by atoms with Gasteiger partial charge in [-0.2, -0.15) is 0 Å². The van der Waals surface area contributed by atoms with Crippen LogP contribution in [-0.4, -0.2) is 35.4 Å². The molecule has 0 unspecified atom stereocenters. The smallest absolute Gasteiger partial charge is 0.243 e. The van der Waals surface area contributed by atoms with Gasteiger partial charge in [0.15, 0.2) is 0 Å². The zero-order valence-corrected chi connectivity index (χ0v) is 22.1. The van der Waals surface area contributed by atoms with Gasteiger partial charge in [0.05, 0.1) is 6.61 Å². The molecule has 5 nitrogen and oxygen atoms in total. The molecule has 0 radical (unpaired) electrons. The Balaban J connectivity index is 1.52. The molecule has 1 N–H and O–H groups in total. The van der Waals surface area contributed by atoms with E-state index in [-0.39, 0.29) is 36.6 Å².